The third-order valence-corrected chi connectivity index (χ3v) is 3.05. The van der Waals surface area contributed by atoms with E-state index in [9.17, 15) is 10.1 Å². The molecule has 6 nitrogen and oxygen atoms in total. The van der Waals surface area contributed by atoms with Gasteiger partial charge in [-0.3, -0.25) is 10.1 Å². The number of methoxy groups -OCH3 is 1. The molecule has 0 aliphatic rings. The summed E-state index contributed by atoms with van der Waals surface area (Å²) in [6.45, 7) is 0. The summed E-state index contributed by atoms with van der Waals surface area (Å²) in [4.78, 5) is 10.3. The van der Waals surface area contributed by atoms with E-state index in [1.165, 1.54) is 19.2 Å². The van der Waals surface area contributed by atoms with Crippen LogP contribution in [0.5, 0.6) is 5.75 Å². The molecule has 0 heterocycles. The lowest BCUT2D eigenvalue weighted by Gasteiger charge is -2.09. The molecule has 7 heteroatoms. The van der Waals surface area contributed by atoms with Gasteiger partial charge in [0.25, 0.3) is 5.69 Å². The quantitative estimate of drug-likeness (QED) is 0.684. The molecular weight excluding hydrogens is 294 g/mol. The number of nitrogens with zero attached hydrogens (tertiary/aromatic N) is 2. The van der Waals surface area contributed by atoms with E-state index in [1.807, 2.05) is 0 Å². The Bertz CT molecular complexity index is 741. The van der Waals surface area contributed by atoms with Gasteiger partial charge in [0.15, 0.2) is 0 Å². The molecule has 0 bridgehead atoms. The van der Waals surface area contributed by atoms with Crippen LogP contribution in [0.2, 0.25) is 5.02 Å². The van der Waals surface area contributed by atoms with Gasteiger partial charge in [-0.2, -0.15) is 5.26 Å². The minimum Gasteiger partial charge on any atom is -0.495 e. The number of nitrogens with one attached hydrogen (secondary N) is 1. The molecule has 0 amide bonds. The number of rotatable bonds is 4. The second-order valence-corrected chi connectivity index (χ2v) is 4.48. The van der Waals surface area contributed by atoms with Gasteiger partial charge in [0.05, 0.1) is 17.1 Å². The molecule has 1 N–H and O–H groups in total. The maximum Gasteiger partial charge on any atom is 0.289 e. The number of anilines is 2. The smallest absolute Gasteiger partial charge is 0.289 e. The standard InChI is InChI=1S/C14H10ClN3O3/c1-21-14-5-4-10(6-12(14)15)17-11-3-2-9(8-16)13(7-11)18(19)20/h2-7,17H,1H3. The van der Waals surface area contributed by atoms with Crippen LogP contribution in [0, 0.1) is 21.4 Å². The zero-order valence-electron chi connectivity index (χ0n) is 11.0. The van der Waals surface area contributed by atoms with Crippen LogP contribution in [-0.4, -0.2) is 12.0 Å². The Labute approximate surface area is 125 Å². The highest BCUT2D eigenvalue weighted by molar-refractivity contribution is 6.32. The van der Waals surface area contributed by atoms with Gasteiger partial charge in [0.2, 0.25) is 0 Å². The van der Waals surface area contributed by atoms with Crippen LogP contribution in [-0.2, 0) is 0 Å². The average molecular weight is 304 g/mol. The lowest BCUT2D eigenvalue weighted by atomic mass is 10.1. The van der Waals surface area contributed by atoms with Crippen molar-refractivity contribution in [3.05, 3.63) is 57.1 Å². The molecule has 0 aliphatic heterocycles. The fourth-order valence-electron chi connectivity index (χ4n) is 1.77. The van der Waals surface area contributed by atoms with Crippen molar-refractivity contribution in [1.29, 1.82) is 5.26 Å². The zero-order chi connectivity index (χ0) is 15.4. The van der Waals surface area contributed by atoms with Crippen LogP contribution in [0.4, 0.5) is 17.1 Å². The molecule has 0 aromatic heterocycles. The molecule has 106 valence electrons. The van der Waals surface area contributed by atoms with Gasteiger partial charge < -0.3 is 10.1 Å². The third kappa shape index (κ3) is 3.22. The minimum atomic E-state index is -0.593. The highest BCUT2D eigenvalue weighted by atomic mass is 35.5. The molecule has 0 spiro atoms. The number of nitro groups is 1. The van der Waals surface area contributed by atoms with E-state index < -0.39 is 4.92 Å². The number of hydrogen-bond donors (Lipinski definition) is 1. The highest BCUT2D eigenvalue weighted by Crippen LogP contribution is 2.30. The van der Waals surface area contributed by atoms with Crippen LogP contribution >= 0.6 is 11.6 Å². The summed E-state index contributed by atoms with van der Waals surface area (Å²) in [7, 11) is 1.51. The van der Waals surface area contributed by atoms with Crippen LogP contribution < -0.4 is 10.1 Å². The van der Waals surface area contributed by atoms with Crippen LogP contribution in [0.15, 0.2) is 36.4 Å². The van der Waals surface area contributed by atoms with Gasteiger partial charge in [-0.15, -0.1) is 0 Å². The van der Waals surface area contributed by atoms with Crippen LogP contribution in [0.3, 0.4) is 0 Å². The Balaban J connectivity index is 2.32. The van der Waals surface area contributed by atoms with Crippen molar-refractivity contribution in [3.8, 4) is 11.8 Å². The van der Waals surface area contributed by atoms with Gasteiger partial charge in [-0.25, -0.2) is 0 Å². The topological polar surface area (TPSA) is 88.2 Å². The molecule has 0 fully saturated rings. The van der Waals surface area contributed by atoms with Crippen molar-refractivity contribution in [2.45, 2.75) is 0 Å². The van der Waals surface area contributed by atoms with Gasteiger partial charge in [-0.1, -0.05) is 11.6 Å². The number of nitro benzene ring substituents is 1. The summed E-state index contributed by atoms with van der Waals surface area (Å²) < 4.78 is 5.05. The summed E-state index contributed by atoms with van der Waals surface area (Å²) in [5.41, 5.74) is 0.905. The van der Waals surface area contributed by atoms with Gasteiger partial charge in [-0.05, 0) is 30.3 Å². The molecule has 21 heavy (non-hydrogen) atoms. The normalized spacial score (nSPS) is 9.76. The Hall–Kier alpha value is -2.78. The van der Waals surface area contributed by atoms with Crippen molar-refractivity contribution >= 4 is 28.7 Å². The highest BCUT2D eigenvalue weighted by Gasteiger charge is 2.14. The Morgan fingerprint density at radius 3 is 2.52 bits per heavy atom. The van der Waals surface area contributed by atoms with Gasteiger partial charge in [0.1, 0.15) is 17.4 Å². The predicted molar refractivity (Wildman–Crippen MR) is 79.1 cm³/mol. The first-order chi connectivity index (χ1) is 10.0. The SMILES string of the molecule is COc1ccc(Nc2ccc(C#N)c([N+](=O)[O-])c2)cc1Cl. The summed E-state index contributed by atoms with van der Waals surface area (Å²) >= 11 is 6.01. The fourth-order valence-corrected chi connectivity index (χ4v) is 2.02. The van der Waals surface area contributed by atoms with Crippen LogP contribution in [0.1, 0.15) is 5.56 Å². The van der Waals surface area contributed by atoms with Gasteiger partial charge in [0, 0.05) is 17.4 Å². The van der Waals surface area contributed by atoms with E-state index in [-0.39, 0.29) is 11.3 Å². The molecule has 2 aromatic carbocycles. The van der Waals surface area contributed by atoms with E-state index in [2.05, 4.69) is 5.32 Å². The summed E-state index contributed by atoms with van der Waals surface area (Å²) in [6, 6.07) is 11.1. The lowest BCUT2D eigenvalue weighted by Crippen LogP contribution is -1.96. The van der Waals surface area contributed by atoms with Crippen molar-refractivity contribution < 1.29 is 9.66 Å². The first-order valence-corrected chi connectivity index (χ1v) is 6.22. The van der Waals surface area contributed by atoms with Crippen molar-refractivity contribution in [2.24, 2.45) is 0 Å². The van der Waals surface area contributed by atoms with Crippen molar-refractivity contribution in [1.82, 2.24) is 0 Å². The first kappa shape index (κ1) is 14.6. The third-order valence-electron chi connectivity index (χ3n) is 2.76. The second kappa shape index (κ2) is 6.11. The Kier molecular flexibility index (Phi) is 4.26. The maximum atomic E-state index is 10.9. The fraction of sp³-hybridized carbons (Fsp3) is 0.0714. The zero-order valence-corrected chi connectivity index (χ0v) is 11.7. The minimum absolute atomic E-state index is 0.0123. The molecular formula is C14H10ClN3O3. The van der Waals surface area contributed by atoms with Crippen LogP contribution in [0.25, 0.3) is 0 Å². The van der Waals surface area contributed by atoms with E-state index in [1.54, 1.807) is 30.3 Å². The summed E-state index contributed by atoms with van der Waals surface area (Å²) in [5, 5.41) is 23.2. The molecule has 2 aromatic rings. The van der Waals surface area contributed by atoms with E-state index in [0.717, 1.165) is 0 Å². The Morgan fingerprint density at radius 1 is 1.29 bits per heavy atom. The number of benzene rings is 2. The summed E-state index contributed by atoms with van der Waals surface area (Å²) in [6.07, 6.45) is 0. The predicted octanol–water partition coefficient (Wildman–Crippen LogP) is 3.87. The average Bonchev–Trinajstić information content (AvgIpc) is 2.47. The molecule has 0 saturated heterocycles. The number of hydrogen-bond acceptors (Lipinski definition) is 5. The molecule has 0 aliphatic carbocycles. The molecule has 0 unspecified atom stereocenters. The number of nitriles is 1. The maximum absolute atomic E-state index is 10.9. The van der Waals surface area contributed by atoms with Crippen molar-refractivity contribution in [3.63, 3.8) is 0 Å². The number of ether oxygens (including phenoxy) is 1. The largest absolute Gasteiger partial charge is 0.495 e. The summed E-state index contributed by atoms with van der Waals surface area (Å²) in [5.74, 6) is 0.535. The number of halogens is 1. The molecule has 0 radical (unpaired) electrons. The van der Waals surface area contributed by atoms with E-state index >= 15 is 0 Å². The van der Waals surface area contributed by atoms with Gasteiger partial charge >= 0.3 is 0 Å². The van der Waals surface area contributed by atoms with E-state index in [4.69, 9.17) is 21.6 Å². The van der Waals surface area contributed by atoms with E-state index in [0.29, 0.717) is 22.1 Å². The molecule has 0 atom stereocenters. The Morgan fingerprint density at radius 2 is 1.95 bits per heavy atom. The van der Waals surface area contributed by atoms with Crippen molar-refractivity contribution in [2.75, 3.05) is 12.4 Å². The monoisotopic (exact) mass is 303 g/mol. The molecule has 2 rings (SSSR count). The first-order valence-electron chi connectivity index (χ1n) is 5.84. The lowest BCUT2D eigenvalue weighted by molar-refractivity contribution is -0.385. The molecule has 0 saturated carbocycles. The second-order valence-electron chi connectivity index (χ2n) is 4.08.